The van der Waals surface area contributed by atoms with Gasteiger partial charge < -0.3 is 5.32 Å². The van der Waals surface area contributed by atoms with Crippen molar-refractivity contribution in [3.05, 3.63) is 39.7 Å². The fourth-order valence-electron chi connectivity index (χ4n) is 2.25. The van der Waals surface area contributed by atoms with E-state index in [0.717, 1.165) is 21.5 Å². The molecule has 1 heterocycles. The molecular formula is C15H17BrFN3. The molecule has 2 aromatic rings. The van der Waals surface area contributed by atoms with E-state index in [1.54, 1.807) is 6.07 Å². The number of halogens is 2. The first-order chi connectivity index (χ1) is 9.43. The Bertz CT molecular complexity index is 641. The molecule has 0 aliphatic heterocycles. The Balaban J connectivity index is 2.64. The van der Waals surface area contributed by atoms with E-state index in [1.807, 2.05) is 14.0 Å². The van der Waals surface area contributed by atoms with Crippen molar-refractivity contribution < 1.29 is 4.39 Å². The maximum absolute atomic E-state index is 13.4. The van der Waals surface area contributed by atoms with Crippen LogP contribution in [0.15, 0.2) is 22.7 Å². The zero-order chi connectivity index (χ0) is 14.9. The van der Waals surface area contributed by atoms with E-state index in [-0.39, 0.29) is 5.82 Å². The second kappa shape index (κ2) is 5.87. The van der Waals surface area contributed by atoms with Gasteiger partial charge in [0.15, 0.2) is 5.82 Å². The highest BCUT2D eigenvalue weighted by Crippen LogP contribution is 2.31. The van der Waals surface area contributed by atoms with Crippen LogP contribution in [0.5, 0.6) is 0 Å². The third-order valence-corrected chi connectivity index (χ3v) is 3.81. The molecule has 1 aromatic heterocycles. The summed E-state index contributed by atoms with van der Waals surface area (Å²) in [5.74, 6) is 1.33. The average molecular weight is 338 g/mol. The van der Waals surface area contributed by atoms with Gasteiger partial charge in [-0.25, -0.2) is 14.4 Å². The fraction of sp³-hybridized carbons (Fsp3) is 0.333. The summed E-state index contributed by atoms with van der Waals surface area (Å²) in [6.45, 7) is 6.16. The molecule has 5 heteroatoms. The topological polar surface area (TPSA) is 37.8 Å². The first kappa shape index (κ1) is 14.9. The predicted octanol–water partition coefficient (Wildman–Crippen LogP) is 4.52. The molecule has 0 aliphatic rings. The number of nitrogens with one attached hydrogen (secondary N) is 1. The van der Waals surface area contributed by atoms with E-state index in [2.05, 4.69) is 45.1 Å². The van der Waals surface area contributed by atoms with Gasteiger partial charge in [-0.3, -0.25) is 0 Å². The first-order valence-corrected chi connectivity index (χ1v) is 7.25. The molecule has 20 heavy (non-hydrogen) atoms. The highest BCUT2D eigenvalue weighted by Gasteiger charge is 2.16. The van der Waals surface area contributed by atoms with Crippen molar-refractivity contribution in [2.75, 3.05) is 12.4 Å². The van der Waals surface area contributed by atoms with Crippen LogP contribution < -0.4 is 5.32 Å². The van der Waals surface area contributed by atoms with Crippen LogP contribution >= 0.6 is 15.9 Å². The highest BCUT2D eigenvalue weighted by molar-refractivity contribution is 9.10. The number of hydrogen-bond donors (Lipinski definition) is 1. The van der Waals surface area contributed by atoms with Crippen molar-refractivity contribution in [1.82, 2.24) is 9.97 Å². The number of hydrogen-bond acceptors (Lipinski definition) is 3. The van der Waals surface area contributed by atoms with Crippen LogP contribution in [0.3, 0.4) is 0 Å². The summed E-state index contributed by atoms with van der Waals surface area (Å²) in [4.78, 5) is 9.05. The summed E-state index contributed by atoms with van der Waals surface area (Å²) in [6, 6.07) is 4.51. The molecular weight excluding hydrogens is 321 g/mol. The van der Waals surface area contributed by atoms with E-state index in [4.69, 9.17) is 0 Å². The summed E-state index contributed by atoms with van der Waals surface area (Å²) in [5, 5.41) is 3.10. The third kappa shape index (κ3) is 2.82. The van der Waals surface area contributed by atoms with Crippen molar-refractivity contribution in [2.45, 2.75) is 26.7 Å². The van der Waals surface area contributed by atoms with Crippen LogP contribution in [0.1, 0.15) is 31.0 Å². The minimum absolute atomic E-state index is 0.302. The van der Waals surface area contributed by atoms with Crippen LogP contribution in [0.4, 0.5) is 10.2 Å². The Morgan fingerprint density at radius 1 is 1.25 bits per heavy atom. The van der Waals surface area contributed by atoms with Gasteiger partial charge in [0.1, 0.15) is 11.6 Å². The molecule has 0 amide bonds. The molecule has 1 aromatic carbocycles. The Morgan fingerprint density at radius 3 is 2.55 bits per heavy atom. The Morgan fingerprint density at radius 2 is 1.95 bits per heavy atom. The lowest BCUT2D eigenvalue weighted by molar-refractivity contribution is 0.628. The minimum atomic E-state index is -0.302. The van der Waals surface area contributed by atoms with Crippen molar-refractivity contribution in [3.63, 3.8) is 0 Å². The van der Waals surface area contributed by atoms with E-state index >= 15 is 0 Å². The van der Waals surface area contributed by atoms with Crippen LogP contribution in [0.25, 0.3) is 11.4 Å². The second-order valence-electron chi connectivity index (χ2n) is 4.92. The van der Waals surface area contributed by atoms with Crippen LogP contribution in [0, 0.1) is 12.7 Å². The number of benzene rings is 1. The van der Waals surface area contributed by atoms with Gasteiger partial charge in [-0.1, -0.05) is 29.8 Å². The van der Waals surface area contributed by atoms with Crippen molar-refractivity contribution in [1.29, 1.82) is 0 Å². The SMILES string of the molecule is CNc1nc(-c2cc(F)ccc2Br)nc(C)c1C(C)C. The quantitative estimate of drug-likeness (QED) is 0.894. The molecule has 0 aliphatic carbocycles. The number of anilines is 1. The summed E-state index contributed by atoms with van der Waals surface area (Å²) in [7, 11) is 1.83. The van der Waals surface area contributed by atoms with E-state index in [1.165, 1.54) is 12.1 Å². The van der Waals surface area contributed by atoms with Gasteiger partial charge in [0.2, 0.25) is 0 Å². The van der Waals surface area contributed by atoms with Gasteiger partial charge in [-0.15, -0.1) is 0 Å². The summed E-state index contributed by atoms with van der Waals surface area (Å²) >= 11 is 3.42. The molecule has 0 spiro atoms. The zero-order valence-corrected chi connectivity index (χ0v) is 13.5. The van der Waals surface area contributed by atoms with Crippen molar-refractivity contribution >= 4 is 21.7 Å². The summed E-state index contributed by atoms with van der Waals surface area (Å²) in [6.07, 6.45) is 0. The van der Waals surface area contributed by atoms with Crippen LogP contribution in [-0.4, -0.2) is 17.0 Å². The number of rotatable bonds is 3. The van der Waals surface area contributed by atoms with Gasteiger partial charge in [-0.05, 0) is 31.0 Å². The van der Waals surface area contributed by atoms with E-state index in [0.29, 0.717) is 17.3 Å². The van der Waals surface area contributed by atoms with Crippen LogP contribution in [-0.2, 0) is 0 Å². The molecule has 0 atom stereocenters. The number of nitrogens with zero attached hydrogens (tertiary/aromatic N) is 2. The van der Waals surface area contributed by atoms with E-state index < -0.39 is 0 Å². The lowest BCUT2D eigenvalue weighted by atomic mass is 10.0. The molecule has 2 rings (SSSR count). The van der Waals surface area contributed by atoms with Crippen molar-refractivity contribution in [3.8, 4) is 11.4 Å². The number of aromatic nitrogens is 2. The second-order valence-corrected chi connectivity index (χ2v) is 5.78. The molecule has 0 saturated heterocycles. The molecule has 0 radical (unpaired) electrons. The average Bonchev–Trinajstić information content (AvgIpc) is 2.40. The molecule has 0 saturated carbocycles. The summed E-state index contributed by atoms with van der Waals surface area (Å²) in [5.41, 5.74) is 2.65. The molecule has 1 N–H and O–H groups in total. The van der Waals surface area contributed by atoms with Gasteiger partial charge in [0, 0.05) is 28.3 Å². The lowest BCUT2D eigenvalue weighted by Crippen LogP contribution is -2.07. The van der Waals surface area contributed by atoms with Crippen molar-refractivity contribution in [2.24, 2.45) is 0 Å². The van der Waals surface area contributed by atoms with E-state index in [9.17, 15) is 4.39 Å². The maximum atomic E-state index is 13.4. The monoisotopic (exact) mass is 337 g/mol. The van der Waals surface area contributed by atoms with Gasteiger partial charge in [0.25, 0.3) is 0 Å². The molecule has 0 unspecified atom stereocenters. The Hall–Kier alpha value is -1.49. The first-order valence-electron chi connectivity index (χ1n) is 6.45. The van der Waals surface area contributed by atoms with Gasteiger partial charge in [0.05, 0.1) is 0 Å². The zero-order valence-electron chi connectivity index (χ0n) is 12.0. The highest BCUT2D eigenvalue weighted by atomic mass is 79.9. The minimum Gasteiger partial charge on any atom is -0.373 e. The Kier molecular flexibility index (Phi) is 4.38. The standard InChI is InChI=1S/C15H17BrFN3/c1-8(2)13-9(3)19-14(20-15(13)18-4)11-7-10(17)5-6-12(11)16/h5-8H,1-4H3,(H,18,19,20). The predicted molar refractivity (Wildman–Crippen MR) is 83.5 cm³/mol. The fourth-order valence-corrected chi connectivity index (χ4v) is 2.68. The van der Waals surface area contributed by atoms with Crippen LogP contribution in [0.2, 0.25) is 0 Å². The molecule has 106 valence electrons. The smallest absolute Gasteiger partial charge is 0.163 e. The number of aryl methyl sites for hydroxylation is 1. The molecule has 0 fully saturated rings. The third-order valence-electron chi connectivity index (χ3n) is 3.12. The van der Waals surface area contributed by atoms with Gasteiger partial charge in [-0.2, -0.15) is 0 Å². The lowest BCUT2D eigenvalue weighted by Gasteiger charge is -2.16. The molecule has 3 nitrogen and oxygen atoms in total. The largest absolute Gasteiger partial charge is 0.373 e. The van der Waals surface area contributed by atoms with Gasteiger partial charge >= 0.3 is 0 Å². The maximum Gasteiger partial charge on any atom is 0.163 e. The Labute approximate surface area is 126 Å². The normalized spacial score (nSPS) is 10.9. The molecule has 0 bridgehead atoms. The summed E-state index contributed by atoms with van der Waals surface area (Å²) < 4.78 is 14.2.